The number of aliphatic hydroxyl groups excluding tert-OH is 1. The summed E-state index contributed by atoms with van der Waals surface area (Å²) < 4.78 is 0. The summed E-state index contributed by atoms with van der Waals surface area (Å²) >= 11 is 0. The van der Waals surface area contributed by atoms with Crippen LogP contribution in [0.3, 0.4) is 0 Å². The number of ketones is 1. The molecule has 0 heterocycles. The lowest BCUT2D eigenvalue weighted by Gasteiger charge is -2.29. The van der Waals surface area contributed by atoms with Gasteiger partial charge in [0.25, 0.3) is 5.91 Å². The Morgan fingerprint density at radius 3 is 2.47 bits per heavy atom. The van der Waals surface area contributed by atoms with Crippen molar-refractivity contribution in [3.8, 4) is 0 Å². The first-order chi connectivity index (χ1) is 9.19. The van der Waals surface area contributed by atoms with Gasteiger partial charge in [-0.2, -0.15) is 0 Å². The number of aliphatic hydroxyl groups is 1. The molecule has 4 nitrogen and oxygen atoms in total. The molecule has 0 aliphatic heterocycles. The van der Waals surface area contributed by atoms with Crippen LogP contribution in [0.1, 0.15) is 44.9 Å². The number of rotatable bonds is 4. The number of nitrogens with one attached hydrogen (secondary N) is 1. The first-order valence-corrected chi connectivity index (χ1v) is 7.64. The Morgan fingerprint density at radius 1 is 1.11 bits per heavy atom. The van der Waals surface area contributed by atoms with Gasteiger partial charge < -0.3 is 10.4 Å². The van der Waals surface area contributed by atoms with E-state index in [-0.39, 0.29) is 30.3 Å². The highest BCUT2D eigenvalue weighted by Crippen LogP contribution is 2.48. The van der Waals surface area contributed by atoms with E-state index < -0.39 is 0 Å². The van der Waals surface area contributed by atoms with E-state index in [4.69, 9.17) is 0 Å². The Bertz CT molecular complexity index is 376. The first-order valence-electron chi connectivity index (χ1n) is 7.64. The lowest BCUT2D eigenvalue weighted by atomic mass is 9.85. The van der Waals surface area contributed by atoms with E-state index in [2.05, 4.69) is 5.32 Å². The zero-order valence-electron chi connectivity index (χ0n) is 11.3. The summed E-state index contributed by atoms with van der Waals surface area (Å²) in [5.74, 6) is 0.726. The number of carbonyl (C=O) groups is 2. The molecule has 0 spiro atoms. The van der Waals surface area contributed by atoms with Crippen molar-refractivity contribution in [2.24, 2.45) is 23.7 Å². The average Bonchev–Trinajstić information content (AvgIpc) is 3.13. The summed E-state index contributed by atoms with van der Waals surface area (Å²) in [6.07, 6.45) is 7.09. The lowest BCUT2D eigenvalue weighted by molar-refractivity contribution is -0.140. The summed E-state index contributed by atoms with van der Waals surface area (Å²) in [6.45, 7) is 0.212. The van der Waals surface area contributed by atoms with Crippen LogP contribution in [0.15, 0.2) is 0 Å². The molecule has 2 unspecified atom stereocenters. The first kappa shape index (κ1) is 13.1. The normalized spacial score (nSPS) is 37.7. The monoisotopic (exact) mass is 265 g/mol. The van der Waals surface area contributed by atoms with Gasteiger partial charge in [0, 0.05) is 18.6 Å². The van der Waals surface area contributed by atoms with E-state index in [1.54, 1.807) is 0 Å². The second-order valence-corrected chi connectivity index (χ2v) is 6.61. The van der Waals surface area contributed by atoms with Gasteiger partial charge in [-0.15, -0.1) is 0 Å². The maximum atomic E-state index is 12.0. The highest BCUT2D eigenvalue weighted by molar-refractivity contribution is 6.37. The fraction of sp³-hybridized carbons (Fsp3) is 0.867. The van der Waals surface area contributed by atoms with Gasteiger partial charge in [0.05, 0.1) is 0 Å². The molecule has 0 aromatic rings. The molecule has 0 radical (unpaired) electrons. The van der Waals surface area contributed by atoms with Crippen LogP contribution >= 0.6 is 0 Å². The molecule has 2 N–H and O–H groups in total. The van der Waals surface area contributed by atoms with E-state index in [1.165, 1.54) is 0 Å². The second kappa shape index (κ2) is 5.23. The maximum Gasteiger partial charge on any atom is 0.287 e. The summed E-state index contributed by atoms with van der Waals surface area (Å²) in [6, 6.07) is 0.119. The van der Waals surface area contributed by atoms with Crippen LogP contribution in [-0.4, -0.2) is 29.4 Å². The molecule has 3 saturated carbocycles. The van der Waals surface area contributed by atoms with Crippen molar-refractivity contribution in [2.45, 2.75) is 51.0 Å². The van der Waals surface area contributed by atoms with Crippen LogP contribution in [0.2, 0.25) is 0 Å². The third-order valence-electron chi connectivity index (χ3n) is 5.45. The fourth-order valence-electron chi connectivity index (χ4n) is 4.48. The number of hydrogen-bond donors (Lipinski definition) is 2. The molecule has 106 valence electrons. The van der Waals surface area contributed by atoms with Crippen LogP contribution < -0.4 is 5.32 Å². The number of fused-ring (bicyclic) bond motifs is 2. The minimum Gasteiger partial charge on any atom is -0.396 e. The molecule has 2 bridgehead atoms. The predicted octanol–water partition coefficient (Wildman–Crippen LogP) is 1.27. The van der Waals surface area contributed by atoms with Crippen molar-refractivity contribution < 1.29 is 14.7 Å². The smallest absolute Gasteiger partial charge is 0.287 e. The van der Waals surface area contributed by atoms with Gasteiger partial charge >= 0.3 is 0 Å². The predicted molar refractivity (Wildman–Crippen MR) is 70.3 cm³/mol. The molecule has 0 saturated heterocycles. The number of amides is 1. The highest BCUT2D eigenvalue weighted by atomic mass is 16.3. The summed E-state index contributed by atoms with van der Waals surface area (Å²) in [5.41, 5.74) is 0. The van der Waals surface area contributed by atoms with Gasteiger partial charge in [0.2, 0.25) is 5.78 Å². The zero-order valence-corrected chi connectivity index (χ0v) is 11.3. The molecule has 0 aromatic heterocycles. The molecule has 4 atom stereocenters. The van der Waals surface area contributed by atoms with Crippen molar-refractivity contribution in [1.82, 2.24) is 5.32 Å². The van der Waals surface area contributed by atoms with Crippen LogP contribution in [0.25, 0.3) is 0 Å². The molecule has 3 rings (SSSR count). The van der Waals surface area contributed by atoms with Crippen LogP contribution in [0.5, 0.6) is 0 Å². The highest BCUT2D eigenvalue weighted by Gasteiger charge is 2.46. The molecule has 3 fully saturated rings. The van der Waals surface area contributed by atoms with Crippen LogP contribution in [-0.2, 0) is 9.59 Å². The van der Waals surface area contributed by atoms with Crippen LogP contribution in [0, 0.1) is 23.7 Å². The minimum atomic E-state index is -0.374. The third-order valence-corrected chi connectivity index (χ3v) is 5.45. The fourth-order valence-corrected chi connectivity index (χ4v) is 4.48. The molecule has 3 aliphatic carbocycles. The second-order valence-electron chi connectivity index (χ2n) is 6.61. The Kier molecular flexibility index (Phi) is 3.61. The van der Waals surface area contributed by atoms with E-state index in [0.29, 0.717) is 17.8 Å². The molecule has 19 heavy (non-hydrogen) atoms. The van der Waals surface area contributed by atoms with Crippen molar-refractivity contribution in [3.63, 3.8) is 0 Å². The lowest BCUT2D eigenvalue weighted by Crippen LogP contribution is -2.45. The molecule has 3 aliphatic rings. The number of hydrogen-bond acceptors (Lipinski definition) is 3. The van der Waals surface area contributed by atoms with Gasteiger partial charge in [-0.05, 0) is 49.9 Å². The largest absolute Gasteiger partial charge is 0.396 e. The van der Waals surface area contributed by atoms with E-state index in [9.17, 15) is 14.7 Å². The molecular weight excluding hydrogens is 242 g/mol. The maximum absolute atomic E-state index is 12.0. The topological polar surface area (TPSA) is 66.4 Å². The van der Waals surface area contributed by atoms with Gasteiger partial charge in [-0.3, -0.25) is 9.59 Å². The van der Waals surface area contributed by atoms with Gasteiger partial charge in [0.15, 0.2) is 0 Å². The van der Waals surface area contributed by atoms with Crippen molar-refractivity contribution in [1.29, 1.82) is 0 Å². The molecular formula is C15H23NO3. The summed E-state index contributed by atoms with van der Waals surface area (Å²) in [5, 5.41) is 12.3. The number of carbonyl (C=O) groups excluding carboxylic acids is 2. The summed E-state index contributed by atoms with van der Waals surface area (Å²) in [7, 11) is 0. The van der Waals surface area contributed by atoms with Gasteiger partial charge in [-0.1, -0.05) is 12.8 Å². The SMILES string of the molecule is O=C(N[C@@H]1CC2CC1[C@H](CO)C2)C(=O)C1CCCC1. The third kappa shape index (κ3) is 2.42. The number of Topliss-reactive ketones (excluding diaryl/α,β-unsaturated/α-hetero) is 1. The Labute approximate surface area is 113 Å². The van der Waals surface area contributed by atoms with Gasteiger partial charge in [-0.25, -0.2) is 0 Å². The van der Waals surface area contributed by atoms with E-state index >= 15 is 0 Å². The molecule has 4 heteroatoms. The summed E-state index contributed by atoms with van der Waals surface area (Å²) in [4.78, 5) is 24.1. The minimum absolute atomic E-state index is 0.0350. The van der Waals surface area contributed by atoms with E-state index in [1.807, 2.05) is 0 Å². The standard InChI is InChI=1S/C15H23NO3/c17-8-11-5-9-6-12(11)13(7-9)16-15(19)14(18)10-3-1-2-4-10/h9-13,17H,1-8H2,(H,16,19)/t9?,11-,12?,13+/m0/s1. The quantitative estimate of drug-likeness (QED) is 0.752. The van der Waals surface area contributed by atoms with Crippen LogP contribution in [0.4, 0.5) is 0 Å². The Balaban J connectivity index is 1.56. The zero-order chi connectivity index (χ0) is 13.4. The Morgan fingerprint density at radius 2 is 1.84 bits per heavy atom. The molecule has 0 aromatic carbocycles. The van der Waals surface area contributed by atoms with Gasteiger partial charge in [0.1, 0.15) is 0 Å². The van der Waals surface area contributed by atoms with E-state index in [0.717, 1.165) is 44.9 Å². The molecule has 1 amide bonds. The Hall–Kier alpha value is -0.900. The van der Waals surface area contributed by atoms with Crippen molar-refractivity contribution >= 4 is 11.7 Å². The average molecular weight is 265 g/mol. The van der Waals surface area contributed by atoms with Crippen molar-refractivity contribution in [3.05, 3.63) is 0 Å². The van der Waals surface area contributed by atoms with Crippen molar-refractivity contribution in [2.75, 3.05) is 6.61 Å².